The molecule has 16 heavy (non-hydrogen) atoms. The molecular formula is C11H21ClN2OS. The molecule has 94 valence electrons. The van der Waals surface area contributed by atoms with Gasteiger partial charge < -0.3 is 10.2 Å². The molecule has 2 heterocycles. The second-order valence-corrected chi connectivity index (χ2v) is 5.54. The quantitative estimate of drug-likeness (QED) is 0.777. The third-order valence-electron chi connectivity index (χ3n) is 3.22. The van der Waals surface area contributed by atoms with Crippen LogP contribution in [0.4, 0.5) is 0 Å². The van der Waals surface area contributed by atoms with Gasteiger partial charge in [0.25, 0.3) is 0 Å². The predicted octanol–water partition coefficient (Wildman–Crippen LogP) is 1.37. The summed E-state index contributed by atoms with van der Waals surface area (Å²) >= 11 is 1.98. The highest BCUT2D eigenvalue weighted by Crippen LogP contribution is 2.24. The molecule has 2 aliphatic rings. The summed E-state index contributed by atoms with van der Waals surface area (Å²) in [5.41, 5.74) is 0. The van der Waals surface area contributed by atoms with Crippen LogP contribution in [0.25, 0.3) is 0 Å². The van der Waals surface area contributed by atoms with E-state index in [-0.39, 0.29) is 12.4 Å². The van der Waals surface area contributed by atoms with E-state index in [1.165, 1.54) is 11.5 Å². The van der Waals surface area contributed by atoms with E-state index in [4.69, 9.17) is 0 Å². The Kier molecular flexibility index (Phi) is 6.54. The number of hydrogen-bond donors (Lipinski definition) is 1. The van der Waals surface area contributed by atoms with Gasteiger partial charge in [-0.1, -0.05) is 0 Å². The molecule has 0 atom stereocenters. The van der Waals surface area contributed by atoms with Crippen molar-refractivity contribution in [2.75, 3.05) is 37.7 Å². The Morgan fingerprint density at radius 1 is 1.19 bits per heavy atom. The molecule has 0 bridgehead atoms. The van der Waals surface area contributed by atoms with Crippen LogP contribution >= 0.6 is 24.2 Å². The SMILES string of the molecule is Cl.O=C(C1CCSCC1)N1CCCNCC1. The van der Waals surface area contributed by atoms with Crippen molar-refractivity contribution in [1.82, 2.24) is 10.2 Å². The smallest absolute Gasteiger partial charge is 0.225 e. The van der Waals surface area contributed by atoms with Gasteiger partial charge in [-0.15, -0.1) is 12.4 Å². The van der Waals surface area contributed by atoms with Crippen LogP contribution in [0.15, 0.2) is 0 Å². The minimum Gasteiger partial charge on any atom is -0.341 e. The normalized spacial score (nSPS) is 23.4. The lowest BCUT2D eigenvalue weighted by molar-refractivity contribution is -0.135. The van der Waals surface area contributed by atoms with Crippen LogP contribution in [-0.2, 0) is 4.79 Å². The first-order valence-corrected chi connectivity index (χ1v) is 7.10. The van der Waals surface area contributed by atoms with E-state index < -0.39 is 0 Å². The second kappa shape index (κ2) is 7.41. The third-order valence-corrected chi connectivity index (χ3v) is 4.27. The zero-order chi connectivity index (χ0) is 10.5. The molecule has 1 amide bonds. The van der Waals surface area contributed by atoms with Gasteiger partial charge in [0.05, 0.1) is 0 Å². The van der Waals surface area contributed by atoms with Gasteiger partial charge in [0.15, 0.2) is 0 Å². The summed E-state index contributed by atoms with van der Waals surface area (Å²) in [7, 11) is 0. The Morgan fingerprint density at radius 2 is 1.94 bits per heavy atom. The Hall–Kier alpha value is 0.0700. The van der Waals surface area contributed by atoms with Crippen molar-refractivity contribution in [3.63, 3.8) is 0 Å². The molecule has 0 saturated carbocycles. The van der Waals surface area contributed by atoms with Gasteiger partial charge in [-0.2, -0.15) is 11.8 Å². The van der Waals surface area contributed by atoms with Crippen LogP contribution in [0, 0.1) is 5.92 Å². The first-order chi connectivity index (χ1) is 7.38. The maximum Gasteiger partial charge on any atom is 0.225 e. The summed E-state index contributed by atoms with van der Waals surface area (Å²) in [6.45, 7) is 3.88. The fraction of sp³-hybridized carbons (Fsp3) is 0.909. The molecule has 0 aliphatic carbocycles. The summed E-state index contributed by atoms with van der Waals surface area (Å²) < 4.78 is 0. The monoisotopic (exact) mass is 264 g/mol. The van der Waals surface area contributed by atoms with E-state index in [0.29, 0.717) is 11.8 Å². The fourth-order valence-corrected chi connectivity index (χ4v) is 3.38. The molecule has 2 fully saturated rings. The standard InChI is InChI=1S/C11H20N2OS.ClH/c14-11(10-2-8-15-9-3-10)13-6-1-4-12-5-7-13;/h10,12H,1-9H2;1H. The van der Waals surface area contributed by atoms with E-state index in [1.54, 1.807) is 0 Å². The van der Waals surface area contributed by atoms with E-state index >= 15 is 0 Å². The number of amides is 1. The van der Waals surface area contributed by atoms with Crippen molar-refractivity contribution in [2.45, 2.75) is 19.3 Å². The molecule has 0 radical (unpaired) electrons. The van der Waals surface area contributed by atoms with Crippen molar-refractivity contribution in [3.05, 3.63) is 0 Å². The van der Waals surface area contributed by atoms with Gasteiger partial charge >= 0.3 is 0 Å². The third kappa shape index (κ3) is 3.82. The minimum atomic E-state index is 0. The van der Waals surface area contributed by atoms with Crippen LogP contribution in [0.1, 0.15) is 19.3 Å². The molecule has 2 aliphatic heterocycles. The number of hydrogen-bond acceptors (Lipinski definition) is 3. The van der Waals surface area contributed by atoms with Crippen LogP contribution < -0.4 is 5.32 Å². The molecule has 0 unspecified atom stereocenters. The molecule has 0 aromatic carbocycles. The van der Waals surface area contributed by atoms with Crippen molar-refractivity contribution in [1.29, 1.82) is 0 Å². The van der Waals surface area contributed by atoms with Crippen molar-refractivity contribution >= 4 is 30.1 Å². The zero-order valence-electron chi connectivity index (χ0n) is 9.61. The summed E-state index contributed by atoms with van der Waals surface area (Å²) in [6, 6.07) is 0. The minimum absolute atomic E-state index is 0. The summed E-state index contributed by atoms with van der Waals surface area (Å²) in [5.74, 6) is 3.08. The molecule has 2 rings (SSSR count). The zero-order valence-corrected chi connectivity index (χ0v) is 11.2. The van der Waals surface area contributed by atoms with Gasteiger partial charge in [0, 0.05) is 25.6 Å². The lowest BCUT2D eigenvalue weighted by atomic mass is 10.0. The maximum atomic E-state index is 12.2. The molecule has 5 heteroatoms. The van der Waals surface area contributed by atoms with Crippen LogP contribution in [-0.4, -0.2) is 48.5 Å². The number of carbonyl (C=O) groups is 1. The van der Waals surface area contributed by atoms with Crippen LogP contribution in [0.5, 0.6) is 0 Å². The molecule has 0 spiro atoms. The molecule has 3 nitrogen and oxygen atoms in total. The highest BCUT2D eigenvalue weighted by atomic mass is 35.5. The number of rotatable bonds is 1. The fourth-order valence-electron chi connectivity index (χ4n) is 2.27. The summed E-state index contributed by atoms with van der Waals surface area (Å²) in [6.07, 6.45) is 3.29. The summed E-state index contributed by atoms with van der Waals surface area (Å²) in [4.78, 5) is 14.3. The largest absolute Gasteiger partial charge is 0.341 e. The Balaban J connectivity index is 0.00000128. The Bertz CT molecular complexity index is 214. The Morgan fingerprint density at radius 3 is 2.69 bits per heavy atom. The first kappa shape index (κ1) is 14.1. The number of nitrogens with one attached hydrogen (secondary N) is 1. The van der Waals surface area contributed by atoms with Gasteiger partial charge in [-0.25, -0.2) is 0 Å². The molecular weight excluding hydrogens is 244 g/mol. The van der Waals surface area contributed by atoms with E-state index in [0.717, 1.165) is 45.4 Å². The van der Waals surface area contributed by atoms with E-state index in [1.807, 2.05) is 11.8 Å². The van der Waals surface area contributed by atoms with E-state index in [9.17, 15) is 4.79 Å². The average Bonchev–Trinajstić information content (AvgIpc) is 2.58. The number of carbonyl (C=O) groups excluding carboxylic acids is 1. The molecule has 1 N–H and O–H groups in total. The van der Waals surface area contributed by atoms with Gasteiger partial charge in [-0.3, -0.25) is 4.79 Å². The Labute approximate surface area is 108 Å². The van der Waals surface area contributed by atoms with Crippen molar-refractivity contribution < 1.29 is 4.79 Å². The molecule has 2 saturated heterocycles. The van der Waals surface area contributed by atoms with Gasteiger partial charge in [0.1, 0.15) is 0 Å². The van der Waals surface area contributed by atoms with Gasteiger partial charge in [-0.05, 0) is 37.3 Å². The molecule has 0 aromatic rings. The van der Waals surface area contributed by atoms with Crippen molar-refractivity contribution in [2.24, 2.45) is 5.92 Å². The highest BCUT2D eigenvalue weighted by molar-refractivity contribution is 7.99. The number of halogens is 1. The van der Waals surface area contributed by atoms with Gasteiger partial charge in [0.2, 0.25) is 5.91 Å². The van der Waals surface area contributed by atoms with Crippen LogP contribution in [0.2, 0.25) is 0 Å². The summed E-state index contributed by atoms with van der Waals surface area (Å²) in [5, 5.41) is 3.34. The maximum absolute atomic E-state index is 12.2. The van der Waals surface area contributed by atoms with E-state index in [2.05, 4.69) is 10.2 Å². The lowest BCUT2D eigenvalue weighted by Gasteiger charge is -2.27. The lowest BCUT2D eigenvalue weighted by Crippen LogP contribution is -2.39. The van der Waals surface area contributed by atoms with Crippen molar-refractivity contribution in [3.8, 4) is 0 Å². The molecule has 0 aromatic heterocycles. The second-order valence-electron chi connectivity index (χ2n) is 4.32. The van der Waals surface area contributed by atoms with Crippen LogP contribution in [0.3, 0.4) is 0 Å². The topological polar surface area (TPSA) is 32.3 Å². The highest BCUT2D eigenvalue weighted by Gasteiger charge is 2.26. The number of nitrogens with zero attached hydrogens (tertiary/aromatic N) is 1. The predicted molar refractivity (Wildman–Crippen MR) is 71.4 cm³/mol. The number of thioether (sulfide) groups is 1. The first-order valence-electron chi connectivity index (χ1n) is 5.95. The average molecular weight is 265 g/mol.